The Bertz CT molecular complexity index is 1360. The molecule has 0 aliphatic carbocycles. The van der Waals surface area contributed by atoms with Gasteiger partial charge in [0.25, 0.3) is 5.91 Å². The zero-order valence-electron chi connectivity index (χ0n) is 20.8. The number of aromatic nitrogens is 2. The van der Waals surface area contributed by atoms with Crippen molar-refractivity contribution in [2.75, 3.05) is 17.2 Å². The lowest BCUT2D eigenvalue weighted by Crippen LogP contribution is -2.24. The zero-order valence-corrected chi connectivity index (χ0v) is 21.8. The van der Waals surface area contributed by atoms with Gasteiger partial charge in [-0.3, -0.25) is 10.1 Å². The molecule has 7 nitrogen and oxygen atoms in total. The average molecular weight is 577 g/mol. The maximum atomic E-state index is 14.0. The molecule has 0 fully saturated rings. The standard InChI is InChI=1S/C24H23F7N4O3Si/c1-39(2,3)11-10-38-22(37)33-17-12-14(32-21(36)15-6-4-5-7-16(15)25)8-9-18(17)35-20(24(29,30)31)13-19(34-35)23(26,27)28/h4-9,12-13H,10-11H2,1-3H3,(H,32,36)(H,33,37). The van der Waals surface area contributed by atoms with E-state index >= 15 is 0 Å². The van der Waals surface area contributed by atoms with E-state index in [1.54, 1.807) is 0 Å². The van der Waals surface area contributed by atoms with Gasteiger partial charge in [-0.25, -0.2) is 13.9 Å². The number of amides is 2. The number of ether oxygens (including phenoxy) is 1. The first-order valence-electron chi connectivity index (χ1n) is 11.3. The smallest absolute Gasteiger partial charge is 0.435 e. The Balaban J connectivity index is 2.04. The molecule has 0 aliphatic rings. The molecule has 0 radical (unpaired) electrons. The molecule has 2 N–H and O–H groups in total. The summed E-state index contributed by atoms with van der Waals surface area (Å²) >= 11 is 0. The van der Waals surface area contributed by atoms with Crippen LogP contribution < -0.4 is 10.6 Å². The summed E-state index contributed by atoms with van der Waals surface area (Å²) in [4.78, 5) is 24.9. The van der Waals surface area contributed by atoms with Crippen LogP contribution in [0.3, 0.4) is 0 Å². The van der Waals surface area contributed by atoms with Gasteiger partial charge >= 0.3 is 18.4 Å². The number of rotatable bonds is 7. The van der Waals surface area contributed by atoms with Gasteiger partial charge < -0.3 is 10.1 Å². The second-order valence-electron chi connectivity index (χ2n) is 9.56. The third kappa shape index (κ3) is 7.81. The third-order valence-corrected chi connectivity index (χ3v) is 6.92. The lowest BCUT2D eigenvalue weighted by Gasteiger charge is -2.18. The molecule has 0 saturated heterocycles. The number of hydrogen-bond donors (Lipinski definition) is 2. The van der Waals surface area contributed by atoms with Crippen LogP contribution in [0.2, 0.25) is 25.7 Å². The van der Waals surface area contributed by atoms with Gasteiger partial charge in [-0.15, -0.1) is 0 Å². The molecule has 2 aromatic carbocycles. The van der Waals surface area contributed by atoms with Gasteiger partial charge in [-0.2, -0.15) is 31.4 Å². The molecule has 0 atom stereocenters. The number of nitrogens with one attached hydrogen (secondary N) is 2. The molecule has 0 unspecified atom stereocenters. The van der Waals surface area contributed by atoms with E-state index in [0.29, 0.717) is 6.04 Å². The monoisotopic (exact) mass is 576 g/mol. The molecule has 3 aromatic rings. The lowest BCUT2D eigenvalue weighted by atomic mass is 10.2. The SMILES string of the molecule is C[Si](C)(C)CCOC(=O)Nc1cc(NC(=O)c2ccccc2F)ccc1-n1nc(C(F)(F)F)cc1C(F)(F)F. The fraction of sp³-hybridized carbons (Fsp3) is 0.292. The number of carbonyl (C=O) groups excluding carboxylic acids is 2. The molecule has 1 aromatic heterocycles. The van der Waals surface area contributed by atoms with Gasteiger partial charge in [-0.05, 0) is 36.4 Å². The van der Waals surface area contributed by atoms with Crippen molar-refractivity contribution < 1.29 is 45.1 Å². The number of nitrogens with zero attached hydrogens (tertiary/aromatic N) is 2. The Morgan fingerprint density at radius 2 is 1.62 bits per heavy atom. The molecule has 0 spiro atoms. The maximum Gasteiger partial charge on any atom is 0.435 e. The normalized spacial score (nSPS) is 12.3. The quantitative estimate of drug-likeness (QED) is 0.230. The van der Waals surface area contributed by atoms with Crippen LogP contribution in [0.1, 0.15) is 21.7 Å². The number of halogens is 7. The minimum absolute atomic E-state index is 0.00556. The van der Waals surface area contributed by atoms with Gasteiger partial charge in [0.1, 0.15) is 11.5 Å². The van der Waals surface area contributed by atoms with Gasteiger partial charge in [0, 0.05) is 19.8 Å². The number of alkyl halides is 6. The Hall–Kier alpha value is -3.88. The van der Waals surface area contributed by atoms with E-state index in [2.05, 4.69) is 15.7 Å². The molecular weight excluding hydrogens is 553 g/mol. The molecule has 210 valence electrons. The van der Waals surface area contributed by atoms with E-state index in [1.165, 1.54) is 18.2 Å². The minimum Gasteiger partial charge on any atom is -0.450 e. The number of carbonyl (C=O) groups is 2. The van der Waals surface area contributed by atoms with Crippen LogP contribution in [0.5, 0.6) is 0 Å². The van der Waals surface area contributed by atoms with Crippen LogP contribution >= 0.6 is 0 Å². The maximum absolute atomic E-state index is 14.0. The molecule has 15 heteroatoms. The Kier molecular flexibility index (Phi) is 8.43. The second-order valence-corrected chi connectivity index (χ2v) is 15.2. The molecular formula is C24H23F7N4O3Si. The van der Waals surface area contributed by atoms with Gasteiger partial charge in [0.05, 0.1) is 23.5 Å². The van der Waals surface area contributed by atoms with Gasteiger partial charge in [0.15, 0.2) is 5.69 Å². The highest BCUT2D eigenvalue weighted by atomic mass is 28.3. The van der Waals surface area contributed by atoms with Crippen molar-refractivity contribution in [1.29, 1.82) is 0 Å². The summed E-state index contributed by atoms with van der Waals surface area (Å²) in [5.74, 6) is -1.76. The molecule has 2 amide bonds. The van der Waals surface area contributed by atoms with Crippen molar-refractivity contribution in [1.82, 2.24) is 9.78 Å². The van der Waals surface area contributed by atoms with E-state index in [4.69, 9.17) is 4.74 Å². The fourth-order valence-corrected chi connectivity index (χ4v) is 3.96. The van der Waals surface area contributed by atoms with Crippen LogP contribution in [-0.4, -0.2) is 36.5 Å². The van der Waals surface area contributed by atoms with Crippen LogP contribution in [0.4, 0.5) is 46.9 Å². The van der Waals surface area contributed by atoms with Crippen LogP contribution in [0, 0.1) is 5.82 Å². The van der Waals surface area contributed by atoms with Crippen molar-refractivity contribution in [3.8, 4) is 5.69 Å². The first-order chi connectivity index (χ1) is 18.0. The summed E-state index contributed by atoms with van der Waals surface area (Å²) in [6.07, 6.45) is -11.5. The van der Waals surface area contributed by atoms with Gasteiger partial charge in [-0.1, -0.05) is 31.8 Å². The highest BCUT2D eigenvalue weighted by Crippen LogP contribution is 2.38. The fourth-order valence-electron chi connectivity index (χ4n) is 3.24. The minimum atomic E-state index is -5.25. The highest BCUT2D eigenvalue weighted by Gasteiger charge is 2.42. The topological polar surface area (TPSA) is 85.3 Å². The van der Waals surface area contributed by atoms with Crippen molar-refractivity contribution >= 4 is 31.4 Å². The summed E-state index contributed by atoms with van der Waals surface area (Å²) in [5.41, 5.74) is -5.07. The Morgan fingerprint density at radius 1 is 0.949 bits per heavy atom. The van der Waals surface area contributed by atoms with Crippen LogP contribution in [0.25, 0.3) is 5.69 Å². The predicted molar refractivity (Wildman–Crippen MR) is 131 cm³/mol. The van der Waals surface area contributed by atoms with Gasteiger partial charge in [0.2, 0.25) is 0 Å². The number of hydrogen-bond acceptors (Lipinski definition) is 4. The molecule has 0 bridgehead atoms. The van der Waals surface area contributed by atoms with E-state index in [-0.39, 0.29) is 28.6 Å². The summed E-state index contributed by atoms with van der Waals surface area (Å²) in [7, 11) is -1.62. The average Bonchev–Trinajstić information content (AvgIpc) is 3.25. The first kappa shape index (κ1) is 29.7. The first-order valence-corrected chi connectivity index (χ1v) is 15.0. The molecule has 0 aliphatic heterocycles. The molecule has 1 heterocycles. The number of benzene rings is 2. The summed E-state index contributed by atoms with van der Waals surface area (Å²) in [5, 5.41) is 7.62. The molecule has 0 saturated carbocycles. The van der Waals surface area contributed by atoms with E-state index < -0.39 is 61.0 Å². The zero-order chi connectivity index (χ0) is 29.2. The summed E-state index contributed by atoms with van der Waals surface area (Å²) in [6, 6.07) is 8.35. The largest absolute Gasteiger partial charge is 0.450 e. The van der Waals surface area contributed by atoms with Crippen molar-refractivity contribution in [2.45, 2.75) is 38.0 Å². The van der Waals surface area contributed by atoms with Crippen molar-refractivity contribution in [3.63, 3.8) is 0 Å². The lowest BCUT2D eigenvalue weighted by molar-refractivity contribution is -0.143. The molecule has 39 heavy (non-hydrogen) atoms. The number of anilines is 2. The van der Waals surface area contributed by atoms with E-state index in [1.807, 2.05) is 19.6 Å². The highest BCUT2D eigenvalue weighted by molar-refractivity contribution is 6.76. The van der Waals surface area contributed by atoms with Crippen molar-refractivity contribution in [2.24, 2.45) is 0 Å². The predicted octanol–water partition coefficient (Wildman–Crippen LogP) is 7.19. The summed E-state index contributed by atoms with van der Waals surface area (Å²) < 4.78 is 99.7. The van der Waals surface area contributed by atoms with Crippen molar-refractivity contribution in [3.05, 3.63) is 71.3 Å². The second kappa shape index (κ2) is 11.1. The van der Waals surface area contributed by atoms with Crippen LogP contribution in [0.15, 0.2) is 48.5 Å². The Morgan fingerprint density at radius 3 is 2.21 bits per heavy atom. The molecule has 3 rings (SSSR count). The third-order valence-electron chi connectivity index (χ3n) is 5.21. The van der Waals surface area contributed by atoms with E-state index in [9.17, 15) is 40.3 Å². The van der Waals surface area contributed by atoms with Crippen LogP contribution in [-0.2, 0) is 17.1 Å². The summed E-state index contributed by atoms with van der Waals surface area (Å²) in [6.45, 7) is 6.04. The Labute approximate surface area is 219 Å². The van der Waals surface area contributed by atoms with E-state index in [0.717, 1.165) is 24.3 Å².